The second kappa shape index (κ2) is 11.5. The van der Waals surface area contributed by atoms with Gasteiger partial charge in [-0.2, -0.15) is 4.39 Å². The molecule has 1 saturated heterocycles. The molecule has 1 aromatic carbocycles. The number of Topliss-reactive ketones (excluding diaryl/α,β-unsaturated/α-hetero) is 1. The molecule has 2 atom stereocenters. The molecule has 186 valence electrons. The van der Waals surface area contributed by atoms with E-state index in [1.54, 1.807) is 36.0 Å². The lowest BCUT2D eigenvalue weighted by Gasteiger charge is -2.36. The molecule has 1 N–H and O–H groups in total. The summed E-state index contributed by atoms with van der Waals surface area (Å²) in [5.41, 5.74) is 0.468. The molecule has 4 rings (SSSR count). The fourth-order valence-corrected chi connectivity index (χ4v) is 6.45. The van der Waals surface area contributed by atoms with E-state index in [4.69, 9.17) is 4.74 Å². The maximum absolute atomic E-state index is 14.6. The third-order valence-corrected chi connectivity index (χ3v) is 8.49. The summed E-state index contributed by atoms with van der Waals surface area (Å²) in [5, 5.41) is 9.99. The highest BCUT2D eigenvalue weighted by Gasteiger charge is 2.34. The van der Waals surface area contributed by atoms with Crippen LogP contribution in [0.5, 0.6) is 5.75 Å². The van der Waals surface area contributed by atoms with E-state index in [9.17, 15) is 23.5 Å². The third kappa shape index (κ3) is 6.17. The Labute approximate surface area is 210 Å². The number of ketones is 1. The minimum absolute atomic E-state index is 0.0275. The minimum atomic E-state index is -0.884. The standard InChI is InChI=1S/C25H26F2N2O4S2/c1-33-16-3-4-20-17(12-16)24(19(26)13-28-20)21(30)5-2-15-8-9-29(14-18(15)25(31)32)10-11-34-23-7-6-22(27)35-23/h3-4,6-7,12-13,15,18H,2,5,8-11,14H2,1H3,(H,31,32). The second-order valence-corrected chi connectivity index (χ2v) is 11.0. The predicted octanol–water partition coefficient (Wildman–Crippen LogP) is 5.36. The van der Waals surface area contributed by atoms with Crippen LogP contribution in [0.2, 0.25) is 0 Å². The number of pyridine rings is 1. The van der Waals surface area contributed by atoms with Crippen molar-refractivity contribution in [1.82, 2.24) is 9.88 Å². The number of piperidine rings is 1. The number of hydrogen-bond acceptors (Lipinski definition) is 7. The molecule has 6 nitrogen and oxygen atoms in total. The maximum atomic E-state index is 14.6. The highest BCUT2D eigenvalue weighted by atomic mass is 32.2. The van der Waals surface area contributed by atoms with Gasteiger partial charge in [0.05, 0.1) is 34.5 Å². The molecule has 0 saturated carbocycles. The number of thioether (sulfide) groups is 1. The van der Waals surface area contributed by atoms with Crippen LogP contribution in [0, 0.1) is 22.8 Å². The number of hydrogen-bond donors (Lipinski definition) is 1. The maximum Gasteiger partial charge on any atom is 0.308 e. The van der Waals surface area contributed by atoms with Crippen LogP contribution in [0.4, 0.5) is 8.78 Å². The molecule has 0 aliphatic carbocycles. The molecule has 1 aliphatic heterocycles. The highest BCUT2D eigenvalue weighted by Crippen LogP contribution is 2.32. The first kappa shape index (κ1) is 25.5. The van der Waals surface area contributed by atoms with Crippen LogP contribution in [0.15, 0.2) is 40.7 Å². The van der Waals surface area contributed by atoms with Crippen molar-refractivity contribution in [2.75, 3.05) is 32.5 Å². The Bertz CT molecular complexity index is 1220. The van der Waals surface area contributed by atoms with Crippen molar-refractivity contribution in [3.8, 4) is 5.75 Å². The van der Waals surface area contributed by atoms with Gasteiger partial charge in [0.2, 0.25) is 0 Å². The minimum Gasteiger partial charge on any atom is -0.497 e. The van der Waals surface area contributed by atoms with Crippen molar-refractivity contribution in [2.45, 2.75) is 23.5 Å². The summed E-state index contributed by atoms with van der Waals surface area (Å²) in [6.07, 6.45) is 2.13. The molecule has 0 amide bonds. The average molecular weight is 521 g/mol. The van der Waals surface area contributed by atoms with Crippen LogP contribution >= 0.6 is 23.1 Å². The number of carboxylic acids is 1. The Morgan fingerprint density at radius 3 is 2.83 bits per heavy atom. The van der Waals surface area contributed by atoms with E-state index in [1.807, 2.05) is 0 Å². The molecule has 1 fully saturated rings. The van der Waals surface area contributed by atoms with Gasteiger partial charge in [-0.25, -0.2) is 4.39 Å². The number of benzene rings is 1. The monoisotopic (exact) mass is 520 g/mol. The molecule has 10 heteroatoms. The summed E-state index contributed by atoms with van der Waals surface area (Å²) in [6, 6.07) is 8.16. The first-order chi connectivity index (χ1) is 16.9. The van der Waals surface area contributed by atoms with Gasteiger partial charge in [0.25, 0.3) is 0 Å². The molecular weight excluding hydrogens is 494 g/mol. The summed E-state index contributed by atoms with van der Waals surface area (Å²) in [6.45, 7) is 1.83. The molecule has 2 unspecified atom stereocenters. The zero-order valence-corrected chi connectivity index (χ0v) is 20.8. The number of aromatic nitrogens is 1. The Hall–Kier alpha value is -2.56. The lowest BCUT2D eigenvalue weighted by molar-refractivity contribution is -0.146. The van der Waals surface area contributed by atoms with E-state index in [0.29, 0.717) is 42.6 Å². The highest BCUT2D eigenvalue weighted by molar-refractivity contribution is 8.01. The summed E-state index contributed by atoms with van der Waals surface area (Å²) >= 11 is 2.66. The molecule has 0 bridgehead atoms. The lowest BCUT2D eigenvalue weighted by Crippen LogP contribution is -2.44. The molecule has 3 heterocycles. The van der Waals surface area contributed by atoms with Crippen molar-refractivity contribution in [1.29, 1.82) is 0 Å². The fraction of sp³-hybridized carbons (Fsp3) is 0.400. The number of aliphatic carboxylic acids is 1. The van der Waals surface area contributed by atoms with Crippen molar-refractivity contribution in [2.24, 2.45) is 11.8 Å². The summed E-state index contributed by atoms with van der Waals surface area (Å²) in [7, 11) is 1.49. The predicted molar refractivity (Wildman–Crippen MR) is 132 cm³/mol. The molecular formula is C25H26F2N2O4S2. The number of rotatable bonds is 10. The zero-order chi connectivity index (χ0) is 24.9. The Kier molecular flexibility index (Phi) is 8.35. The van der Waals surface area contributed by atoms with Gasteiger partial charge in [-0.15, -0.1) is 11.8 Å². The number of fused-ring (bicyclic) bond motifs is 1. The normalized spacial score (nSPS) is 18.6. The van der Waals surface area contributed by atoms with Gasteiger partial charge in [-0.3, -0.25) is 14.6 Å². The van der Waals surface area contributed by atoms with Crippen molar-refractivity contribution in [3.63, 3.8) is 0 Å². The first-order valence-corrected chi connectivity index (χ1v) is 13.1. The molecule has 0 spiro atoms. The Morgan fingerprint density at radius 1 is 1.29 bits per heavy atom. The SMILES string of the molecule is COc1ccc2ncc(F)c(C(=O)CCC3CCN(CCSc4ccc(F)s4)CC3C(=O)O)c2c1. The van der Waals surface area contributed by atoms with E-state index in [2.05, 4.69) is 9.88 Å². The Balaban J connectivity index is 1.37. The van der Waals surface area contributed by atoms with Gasteiger partial charge in [-0.05, 0) is 55.6 Å². The van der Waals surface area contributed by atoms with E-state index in [0.717, 1.165) is 34.0 Å². The number of carbonyl (C=O) groups is 2. The van der Waals surface area contributed by atoms with Crippen molar-refractivity contribution < 1.29 is 28.2 Å². The van der Waals surface area contributed by atoms with Crippen LogP contribution < -0.4 is 4.74 Å². The summed E-state index contributed by atoms with van der Waals surface area (Å²) in [5.74, 6) is -1.46. The van der Waals surface area contributed by atoms with Crippen LogP contribution in [-0.4, -0.2) is 59.2 Å². The molecule has 2 aromatic heterocycles. The zero-order valence-electron chi connectivity index (χ0n) is 19.2. The number of ether oxygens (including phenoxy) is 1. The quantitative estimate of drug-likeness (QED) is 0.285. The number of carbonyl (C=O) groups excluding carboxylic acids is 1. The number of methoxy groups -OCH3 is 1. The van der Waals surface area contributed by atoms with Crippen LogP contribution in [0.3, 0.4) is 0 Å². The number of halogens is 2. The van der Waals surface area contributed by atoms with Crippen LogP contribution in [-0.2, 0) is 4.79 Å². The largest absolute Gasteiger partial charge is 0.497 e. The van der Waals surface area contributed by atoms with E-state index >= 15 is 0 Å². The van der Waals surface area contributed by atoms with E-state index in [1.165, 1.54) is 13.2 Å². The number of nitrogens with zero attached hydrogens (tertiary/aromatic N) is 2. The van der Waals surface area contributed by atoms with Crippen LogP contribution in [0.25, 0.3) is 10.9 Å². The van der Waals surface area contributed by atoms with Crippen molar-refractivity contribution >= 4 is 45.8 Å². The fourth-order valence-electron chi connectivity index (χ4n) is 4.55. The molecule has 35 heavy (non-hydrogen) atoms. The number of thiophene rings is 1. The second-order valence-electron chi connectivity index (χ2n) is 8.53. The topological polar surface area (TPSA) is 79.7 Å². The van der Waals surface area contributed by atoms with Gasteiger partial charge in [0, 0.05) is 30.6 Å². The lowest BCUT2D eigenvalue weighted by atomic mass is 9.81. The van der Waals surface area contributed by atoms with Crippen LogP contribution in [0.1, 0.15) is 29.6 Å². The number of carboxylic acid groups (broad SMARTS) is 1. The molecule has 3 aromatic rings. The Morgan fingerprint density at radius 2 is 2.11 bits per heavy atom. The third-order valence-electron chi connectivity index (χ3n) is 6.41. The smallest absolute Gasteiger partial charge is 0.308 e. The summed E-state index contributed by atoms with van der Waals surface area (Å²) in [4.78, 5) is 31.2. The molecule has 1 aliphatic rings. The van der Waals surface area contributed by atoms with Gasteiger partial charge >= 0.3 is 5.97 Å². The van der Waals surface area contributed by atoms with E-state index < -0.39 is 17.7 Å². The van der Waals surface area contributed by atoms with Gasteiger partial charge in [0.15, 0.2) is 16.7 Å². The van der Waals surface area contributed by atoms with E-state index in [-0.39, 0.29) is 28.8 Å². The van der Waals surface area contributed by atoms with Gasteiger partial charge < -0.3 is 14.7 Å². The summed E-state index contributed by atoms with van der Waals surface area (Å²) < 4.78 is 33.9. The van der Waals surface area contributed by atoms with Gasteiger partial charge in [0.1, 0.15) is 5.75 Å². The van der Waals surface area contributed by atoms with Crippen molar-refractivity contribution in [3.05, 3.63) is 53.0 Å². The number of likely N-dealkylation sites (tertiary alicyclic amines) is 1. The first-order valence-electron chi connectivity index (χ1n) is 11.3. The average Bonchev–Trinajstić information content (AvgIpc) is 3.27. The van der Waals surface area contributed by atoms with Gasteiger partial charge in [-0.1, -0.05) is 11.3 Å². The molecule has 0 radical (unpaired) electrons.